The highest BCUT2D eigenvalue weighted by atomic mass is 16.4. The minimum Gasteiger partial charge on any atom is -0.420 e. The summed E-state index contributed by atoms with van der Waals surface area (Å²) in [7, 11) is 1.60. The smallest absolute Gasteiger partial charge is 0.247 e. The number of amides is 2. The second-order valence-corrected chi connectivity index (χ2v) is 6.48. The number of hydrogen-bond donors (Lipinski definition) is 2. The van der Waals surface area contributed by atoms with Crippen LogP contribution in [0.3, 0.4) is 0 Å². The van der Waals surface area contributed by atoms with Gasteiger partial charge in [-0.25, -0.2) is 0 Å². The first-order valence-corrected chi connectivity index (χ1v) is 9.09. The Hall–Kier alpha value is -3.94. The normalized spacial score (nSPS) is 10.8. The Labute approximate surface area is 166 Å². The standard InChI is InChI=1S/C21H19N5O3/c1-22-19(28)13-26-10-9-14-7-8-16(11-17(14)26)23-18(27)12-20-24-25-21(29-20)15-5-3-2-4-6-15/h2-11H,12-13H2,1H3,(H,22,28)(H,23,27). The molecule has 146 valence electrons. The Bertz CT molecular complexity index is 1160. The van der Waals surface area contributed by atoms with Crippen LogP contribution in [0, 0.1) is 0 Å². The first kappa shape index (κ1) is 18.4. The summed E-state index contributed by atoms with van der Waals surface area (Å²) >= 11 is 0. The molecule has 4 rings (SSSR count). The van der Waals surface area contributed by atoms with Gasteiger partial charge in [0.2, 0.25) is 23.6 Å². The SMILES string of the molecule is CNC(=O)Cn1ccc2ccc(NC(=O)Cc3nnc(-c4ccccc4)o3)cc21. The molecule has 0 fully saturated rings. The molecule has 0 atom stereocenters. The van der Waals surface area contributed by atoms with Crippen LogP contribution in [0.4, 0.5) is 5.69 Å². The predicted molar refractivity (Wildman–Crippen MR) is 108 cm³/mol. The molecule has 2 N–H and O–H groups in total. The Morgan fingerprint density at radius 2 is 1.86 bits per heavy atom. The summed E-state index contributed by atoms with van der Waals surface area (Å²) in [5.41, 5.74) is 2.28. The van der Waals surface area contributed by atoms with Crippen LogP contribution in [0.1, 0.15) is 5.89 Å². The quantitative estimate of drug-likeness (QED) is 0.528. The topological polar surface area (TPSA) is 102 Å². The predicted octanol–water partition coefficient (Wildman–Crippen LogP) is 2.62. The minimum atomic E-state index is -0.267. The van der Waals surface area contributed by atoms with E-state index >= 15 is 0 Å². The molecule has 0 spiro atoms. The van der Waals surface area contributed by atoms with Gasteiger partial charge in [0.05, 0.1) is 5.52 Å². The van der Waals surface area contributed by atoms with E-state index in [4.69, 9.17) is 4.42 Å². The largest absolute Gasteiger partial charge is 0.420 e. The zero-order chi connectivity index (χ0) is 20.2. The second-order valence-electron chi connectivity index (χ2n) is 6.48. The highest BCUT2D eigenvalue weighted by Crippen LogP contribution is 2.21. The Morgan fingerprint density at radius 1 is 1.03 bits per heavy atom. The number of nitrogens with one attached hydrogen (secondary N) is 2. The number of carbonyl (C=O) groups excluding carboxylic acids is 2. The van der Waals surface area contributed by atoms with Crippen LogP contribution in [-0.2, 0) is 22.6 Å². The monoisotopic (exact) mass is 389 g/mol. The fourth-order valence-corrected chi connectivity index (χ4v) is 3.00. The third-order valence-electron chi connectivity index (χ3n) is 4.45. The van der Waals surface area contributed by atoms with Crippen LogP contribution in [0.5, 0.6) is 0 Å². The van der Waals surface area contributed by atoms with Gasteiger partial charge in [-0.2, -0.15) is 0 Å². The summed E-state index contributed by atoms with van der Waals surface area (Å²) in [6.07, 6.45) is 1.81. The van der Waals surface area contributed by atoms with E-state index in [-0.39, 0.29) is 30.7 Å². The van der Waals surface area contributed by atoms with Crippen molar-refractivity contribution in [3.63, 3.8) is 0 Å². The zero-order valence-electron chi connectivity index (χ0n) is 15.8. The Balaban J connectivity index is 1.46. The first-order chi connectivity index (χ1) is 14.1. The van der Waals surface area contributed by atoms with E-state index < -0.39 is 0 Å². The Kier molecular flexibility index (Phi) is 5.07. The van der Waals surface area contributed by atoms with Crippen LogP contribution in [0.25, 0.3) is 22.4 Å². The van der Waals surface area contributed by atoms with Crippen molar-refractivity contribution < 1.29 is 14.0 Å². The summed E-state index contributed by atoms with van der Waals surface area (Å²) in [5.74, 6) is 0.256. The van der Waals surface area contributed by atoms with Gasteiger partial charge < -0.3 is 19.6 Å². The van der Waals surface area contributed by atoms with Crippen molar-refractivity contribution in [3.8, 4) is 11.5 Å². The number of anilines is 1. The van der Waals surface area contributed by atoms with Gasteiger partial charge in [-0.05, 0) is 35.7 Å². The van der Waals surface area contributed by atoms with E-state index in [1.807, 2.05) is 65.4 Å². The molecule has 2 heterocycles. The lowest BCUT2D eigenvalue weighted by molar-refractivity contribution is -0.121. The third kappa shape index (κ3) is 4.16. The number of likely N-dealkylation sites (N-methyl/N-ethyl adjacent to an activating group) is 1. The van der Waals surface area contributed by atoms with Gasteiger partial charge in [-0.1, -0.05) is 24.3 Å². The van der Waals surface area contributed by atoms with Crippen molar-refractivity contribution in [1.82, 2.24) is 20.1 Å². The van der Waals surface area contributed by atoms with Gasteiger partial charge in [0.15, 0.2) is 0 Å². The lowest BCUT2D eigenvalue weighted by Crippen LogP contribution is -2.23. The van der Waals surface area contributed by atoms with Crippen LogP contribution in [-0.4, -0.2) is 33.6 Å². The summed E-state index contributed by atoms with van der Waals surface area (Å²) in [5, 5.41) is 14.4. The first-order valence-electron chi connectivity index (χ1n) is 9.09. The van der Waals surface area contributed by atoms with Gasteiger partial charge in [-0.15, -0.1) is 10.2 Å². The molecule has 2 aromatic heterocycles. The fourth-order valence-electron chi connectivity index (χ4n) is 3.00. The van der Waals surface area contributed by atoms with Gasteiger partial charge in [-0.3, -0.25) is 9.59 Å². The zero-order valence-corrected chi connectivity index (χ0v) is 15.8. The molecule has 0 saturated carbocycles. The van der Waals surface area contributed by atoms with Gasteiger partial charge in [0.25, 0.3) is 0 Å². The van der Waals surface area contributed by atoms with Crippen molar-refractivity contribution in [2.75, 3.05) is 12.4 Å². The van der Waals surface area contributed by atoms with Gasteiger partial charge >= 0.3 is 0 Å². The van der Waals surface area contributed by atoms with Crippen LogP contribution < -0.4 is 10.6 Å². The maximum Gasteiger partial charge on any atom is 0.247 e. The summed E-state index contributed by atoms with van der Waals surface area (Å²) in [6.45, 7) is 0.210. The molecule has 8 nitrogen and oxygen atoms in total. The van der Waals surface area contributed by atoms with Crippen molar-refractivity contribution >= 4 is 28.4 Å². The number of hydrogen-bond acceptors (Lipinski definition) is 5. The van der Waals surface area contributed by atoms with Crippen LogP contribution >= 0.6 is 0 Å². The van der Waals surface area contributed by atoms with Crippen LogP contribution in [0.2, 0.25) is 0 Å². The van der Waals surface area contributed by atoms with Crippen molar-refractivity contribution in [2.45, 2.75) is 13.0 Å². The highest BCUT2D eigenvalue weighted by Gasteiger charge is 2.13. The molecule has 4 aromatic rings. The van der Waals surface area contributed by atoms with E-state index in [0.29, 0.717) is 11.6 Å². The third-order valence-corrected chi connectivity index (χ3v) is 4.45. The summed E-state index contributed by atoms with van der Waals surface area (Å²) < 4.78 is 7.41. The van der Waals surface area contributed by atoms with Gasteiger partial charge in [0.1, 0.15) is 13.0 Å². The highest BCUT2D eigenvalue weighted by molar-refractivity contribution is 5.94. The summed E-state index contributed by atoms with van der Waals surface area (Å²) in [6, 6.07) is 16.8. The molecule has 0 aliphatic carbocycles. The number of benzene rings is 2. The maximum atomic E-state index is 12.4. The minimum absolute atomic E-state index is 0.0306. The maximum absolute atomic E-state index is 12.4. The van der Waals surface area contributed by atoms with Crippen molar-refractivity contribution in [1.29, 1.82) is 0 Å². The molecular weight excluding hydrogens is 370 g/mol. The number of rotatable bonds is 6. The number of fused-ring (bicyclic) bond motifs is 1. The van der Waals surface area contributed by atoms with E-state index in [0.717, 1.165) is 16.5 Å². The number of aromatic nitrogens is 3. The molecule has 8 heteroatoms. The van der Waals surface area contributed by atoms with E-state index in [1.54, 1.807) is 7.05 Å². The molecule has 0 aliphatic heterocycles. The van der Waals surface area contributed by atoms with Crippen LogP contribution in [0.15, 0.2) is 65.2 Å². The molecule has 0 bridgehead atoms. The summed E-state index contributed by atoms with van der Waals surface area (Å²) in [4.78, 5) is 24.1. The van der Waals surface area contributed by atoms with E-state index in [1.165, 1.54) is 0 Å². The molecule has 29 heavy (non-hydrogen) atoms. The van der Waals surface area contributed by atoms with Crippen molar-refractivity contribution in [3.05, 3.63) is 66.7 Å². The lowest BCUT2D eigenvalue weighted by Gasteiger charge is -2.07. The average Bonchev–Trinajstić information content (AvgIpc) is 3.36. The second kappa shape index (κ2) is 7.97. The number of carbonyl (C=O) groups is 2. The average molecular weight is 389 g/mol. The van der Waals surface area contributed by atoms with E-state index in [9.17, 15) is 9.59 Å². The molecule has 0 aliphatic rings. The van der Waals surface area contributed by atoms with E-state index in [2.05, 4.69) is 20.8 Å². The molecule has 0 radical (unpaired) electrons. The molecular formula is C21H19N5O3. The Morgan fingerprint density at radius 3 is 2.66 bits per heavy atom. The van der Waals surface area contributed by atoms with Gasteiger partial charge in [0, 0.05) is 24.5 Å². The molecule has 0 saturated heterocycles. The molecule has 0 unspecified atom stereocenters. The molecule has 2 aromatic carbocycles. The lowest BCUT2D eigenvalue weighted by atomic mass is 10.2. The van der Waals surface area contributed by atoms with Crippen molar-refractivity contribution in [2.24, 2.45) is 0 Å². The number of nitrogens with zero attached hydrogens (tertiary/aromatic N) is 3. The fraction of sp³-hybridized carbons (Fsp3) is 0.143. The molecule has 2 amide bonds.